The summed E-state index contributed by atoms with van der Waals surface area (Å²) in [5.41, 5.74) is 1.64. The first kappa shape index (κ1) is 47.1. The van der Waals surface area contributed by atoms with Crippen LogP contribution in [0.25, 0.3) is 0 Å². The van der Waals surface area contributed by atoms with Crippen LogP contribution in [0.5, 0.6) is 0 Å². The lowest BCUT2D eigenvalue weighted by atomic mass is 9.89. The summed E-state index contributed by atoms with van der Waals surface area (Å²) < 4.78 is 10.6. The van der Waals surface area contributed by atoms with Crippen LogP contribution in [-0.4, -0.2) is 102 Å². The fourth-order valence-corrected chi connectivity index (χ4v) is 5.56. The number of aliphatic carboxylic acids is 1. The molecule has 0 aliphatic carbocycles. The minimum atomic E-state index is -0.912. The molecule has 2 aromatic rings. The average Bonchev–Trinajstić information content (AvgIpc) is 3.03. The second-order valence-corrected chi connectivity index (χ2v) is 15.7. The maximum absolute atomic E-state index is 11.9. The lowest BCUT2D eigenvalue weighted by Gasteiger charge is -2.37. The Hall–Kier alpha value is -4.88. The summed E-state index contributed by atoms with van der Waals surface area (Å²) in [5, 5.41) is 17.4. The van der Waals surface area contributed by atoms with Gasteiger partial charge < -0.3 is 29.5 Å². The van der Waals surface area contributed by atoms with Gasteiger partial charge in [0.15, 0.2) is 5.78 Å². The third kappa shape index (κ3) is 17.8. The average molecular weight is 757 g/mol. The third-order valence-electron chi connectivity index (χ3n) is 8.38. The molecule has 2 saturated heterocycles. The van der Waals surface area contributed by atoms with Gasteiger partial charge in [-0.3, -0.25) is 24.4 Å². The summed E-state index contributed by atoms with van der Waals surface area (Å²) in [6.07, 6.45) is 4.99. The smallest absolute Gasteiger partial charge is 0.410 e. The van der Waals surface area contributed by atoms with Gasteiger partial charge in [-0.15, -0.1) is 0 Å². The third-order valence-corrected chi connectivity index (χ3v) is 8.38. The molecule has 0 spiro atoms. The Labute approximate surface area is 319 Å². The number of Topliss-reactive ketones (excluding diaryl/α,β-unsaturated/α-hetero) is 2. The molecule has 54 heavy (non-hydrogen) atoms. The van der Waals surface area contributed by atoms with Gasteiger partial charge in [0, 0.05) is 60.4 Å². The van der Waals surface area contributed by atoms with Gasteiger partial charge in [-0.05, 0) is 133 Å². The zero-order valence-corrected chi connectivity index (χ0v) is 34.0. The molecule has 300 valence electrons. The maximum atomic E-state index is 11.9. The number of carbonyl (C=O) groups excluding carboxylic acids is 4. The zero-order valence-electron chi connectivity index (χ0n) is 34.0. The van der Waals surface area contributed by atoms with E-state index >= 15 is 0 Å². The Balaban J connectivity index is 0.000000371. The molecule has 2 aliphatic rings. The fraction of sp³-hybridized carbons (Fsp3) is 0.600. The lowest BCUT2D eigenvalue weighted by molar-refractivity contribution is -0.144. The van der Waals surface area contributed by atoms with Crippen molar-refractivity contribution in [3.63, 3.8) is 0 Å². The number of carbonyl (C=O) groups is 6. The van der Waals surface area contributed by atoms with E-state index in [0.717, 1.165) is 29.8 Å². The Bertz CT molecular complexity index is 1480. The number of ketones is 2. The highest BCUT2D eigenvalue weighted by atomic mass is 16.6. The lowest BCUT2D eigenvalue weighted by Crippen LogP contribution is -2.47. The quantitative estimate of drug-likeness (QED) is 0.294. The zero-order chi connectivity index (χ0) is 41.6. The highest BCUT2D eigenvalue weighted by Crippen LogP contribution is 2.26. The number of carboxylic acid groups (broad SMARTS) is 2. The molecule has 0 saturated carbocycles. The summed E-state index contributed by atoms with van der Waals surface area (Å²) >= 11 is 0. The molecular formula is C40H60N4O10. The number of piperidine rings is 2. The van der Waals surface area contributed by atoms with Crippen molar-refractivity contribution in [2.75, 3.05) is 13.1 Å². The van der Waals surface area contributed by atoms with Gasteiger partial charge in [0.2, 0.25) is 0 Å². The number of amides is 2. The molecule has 4 rings (SSSR count). The van der Waals surface area contributed by atoms with Gasteiger partial charge in [0.1, 0.15) is 17.0 Å². The number of aromatic nitrogens is 2. The minimum absolute atomic E-state index is 0.0764. The first-order valence-corrected chi connectivity index (χ1v) is 18.1. The van der Waals surface area contributed by atoms with Gasteiger partial charge in [-0.1, -0.05) is 0 Å². The first-order valence-electron chi connectivity index (χ1n) is 18.1. The van der Waals surface area contributed by atoms with Crippen molar-refractivity contribution in [1.29, 1.82) is 0 Å². The van der Waals surface area contributed by atoms with E-state index in [1.165, 1.54) is 18.3 Å². The molecule has 4 heterocycles. The standard InChI is InChI=1S/C13H23NO3.C12H21NO4.C8H9NO.C7H7NO2/c1-9-8-11(10(2)15)6-7-14(9)12(16)17-13(3,4)5;1-8-7-9(10(14)15)5-6-13(8)11(16)17-12(2,3)4;1-6-5-8(7(2)10)3-4-9-6;1-5-4-6(7(9)10)2-3-8-5/h9,11H,6-8H2,1-5H3;8-9H,5-7H2,1-4H3,(H,14,15);3-5H,1-2H3;2-4H,1H3,(H,9,10). The molecule has 0 radical (unpaired) electrons. The van der Waals surface area contributed by atoms with Crippen molar-refractivity contribution in [3.05, 3.63) is 59.2 Å². The summed E-state index contributed by atoms with van der Waals surface area (Å²) in [4.78, 5) is 78.2. The second-order valence-electron chi connectivity index (χ2n) is 15.7. The van der Waals surface area contributed by atoms with Crippen molar-refractivity contribution in [2.45, 2.75) is 132 Å². The Morgan fingerprint density at radius 3 is 1.37 bits per heavy atom. The monoisotopic (exact) mass is 756 g/mol. The SMILES string of the molecule is CC(=O)C1CCN(C(=O)OC(C)(C)C)C(C)C1.CC(=O)c1ccnc(C)c1.CC1CC(C(=O)O)CCN1C(=O)OC(C)(C)C.Cc1cc(C(=O)O)ccn1. The van der Waals surface area contributed by atoms with E-state index in [4.69, 9.17) is 19.7 Å². The van der Waals surface area contributed by atoms with E-state index in [2.05, 4.69) is 9.97 Å². The van der Waals surface area contributed by atoms with E-state index in [0.29, 0.717) is 25.9 Å². The highest BCUT2D eigenvalue weighted by Gasteiger charge is 2.35. The normalized spacial score (nSPS) is 19.6. The predicted octanol–water partition coefficient (Wildman–Crippen LogP) is 7.40. The van der Waals surface area contributed by atoms with E-state index < -0.39 is 23.1 Å². The van der Waals surface area contributed by atoms with Gasteiger partial charge in [-0.25, -0.2) is 14.4 Å². The second kappa shape index (κ2) is 21.1. The number of carboxylic acids is 2. The van der Waals surface area contributed by atoms with Gasteiger partial charge in [-0.2, -0.15) is 0 Å². The number of ether oxygens (including phenoxy) is 2. The largest absolute Gasteiger partial charge is 0.481 e. The molecule has 2 N–H and O–H groups in total. The topological polar surface area (TPSA) is 194 Å². The fourth-order valence-electron chi connectivity index (χ4n) is 5.56. The van der Waals surface area contributed by atoms with Crippen LogP contribution >= 0.6 is 0 Å². The first-order chi connectivity index (χ1) is 24.8. The van der Waals surface area contributed by atoms with Crippen LogP contribution in [0.4, 0.5) is 9.59 Å². The van der Waals surface area contributed by atoms with Crippen molar-refractivity contribution in [2.24, 2.45) is 11.8 Å². The van der Waals surface area contributed by atoms with Crippen LogP contribution in [0.3, 0.4) is 0 Å². The maximum Gasteiger partial charge on any atom is 0.410 e. The summed E-state index contributed by atoms with van der Waals surface area (Å²) in [5.74, 6) is -1.62. The summed E-state index contributed by atoms with van der Waals surface area (Å²) in [7, 11) is 0. The number of hydrogen-bond donors (Lipinski definition) is 2. The van der Waals surface area contributed by atoms with E-state index in [9.17, 15) is 28.8 Å². The molecule has 2 fully saturated rings. The summed E-state index contributed by atoms with van der Waals surface area (Å²) in [6, 6.07) is 6.49. The van der Waals surface area contributed by atoms with Crippen LogP contribution in [0, 0.1) is 25.7 Å². The summed E-state index contributed by atoms with van der Waals surface area (Å²) in [6.45, 7) is 22.7. The van der Waals surface area contributed by atoms with Crippen molar-refractivity contribution < 1.29 is 48.5 Å². The van der Waals surface area contributed by atoms with Gasteiger partial charge in [0.05, 0.1) is 11.5 Å². The molecule has 4 atom stereocenters. The van der Waals surface area contributed by atoms with Crippen LogP contribution < -0.4 is 0 Å². The van der Waals surface area contributed by atoms with Crippen molar-refractivity contribution in [1.82, 2.24) is 19.8 Å². The Morgan fingerprint density at radius 1 is 0.685 bits per heavy atom. The molecule has 2 aliphatic heterocycles. The molecular weight excluding hydrogens is 696 g/mol. The Morgan fingerprint density at radius 2 is 1.07 bits per heavy atom. The number of hydrogen-bond acceptors (Lipinski definition) is 10. The highest BCUT2D eigenvalue weighted by molar-refractivity contribution is 5.94. The number of nitrogens with zero attached hydrogens (tertiary/aromatic N) is 4. The number of aromatic carboxylic acids is 1. The van der Waals surface area contributed by atoms with E-state index in [1.54, 1.807) is 48.9 Å². The molecule has 0 bridgehead atoms. The van der Waals surface area contributed by atoms with Crippen LogP contribution in [0.2, 0.25) is 0 Å². The number of rotatable bonds is 4. The van der Waals surface area contributed by atoms with Crippen LogP contribution in [0.15, 0.2) is 36.7 Å². The molecule has 4 unspecified atom stereocenters. The van der Waals surface area contributed by atoms with E-state index in [1.807, 2.05) is 62.3 Å². The molecule has 2 amide bonds. The van der Waals surface area contributed by atoms with Crippen LogP contribution in [0.1, 0.15) is 127 Å². The molecule has 0 aromatic carbocycles. The van der Waals surface area contributed by atoms with Crippen LogP contribution in [-0.2, 0) is 19.1 Å². The number of pyridine rings is 2. The molecule has 14 nitrogen and oxygen atoms in total. The van der Waals surface area contributed by atoms with Gasteiger partial charge >= 0.3 is 24.1 Å². The predicted molar refractivity (Wildman–Crippen MR) is 203 cm³/mol. The minimum Gasteiger partial charge on any atom is -0.481 e. The van der Waals surface area contributed by atoms with Gasteiger partial charge in [0.25, 0.3) is 0 Å². The Kier molecular flexibility index (Phi) is 18.4. The van der Waals surface area contributed by atoms with Crippen molar-refractivity contribution in [3.8, 4) is 0 Å². The van der Waals surface area contributed by atoms with Crippen molar-refractivity contribution >= 4 is 35.7 Å². The molecule has 2 aromatic heterocycles. The number of aryl methyl sites for hydroxylation is 2. The van der Waals surface area contributed by atoms with E-state index in [-0.39, 0.29) is 53.2 Å². The number of likely N-dealkylation sites (tertiary alicyclic amines) is 2. The molecule has 14 heteroatoms.